The fourth-order valence-corrected chi connectivity index (χ4v) is 2.84. The second-order valence-corrected chi connectivity index (χ2v) is 5.61. The second-order valence-electron chi connectivity index (χ2n) is 4.82. The van der Waals surface area contributed by atoms with Crippen LogP contribution in [-0.2, 0) is 24.8 Å². The zero-order valence-corrected chi connectivity index (χ0v) is 13.5. The van der Waals surface area contributed by atoms with Crippen LogP contribution >= 0.6 is 15.9 Å². The summed E-state index contributed by atoms with van der Waals surface area (Å²) in [5.41, 5.74) is 3.83. The molecular formula is C15H19BrN2O2. The molecule has 5 heteroatoms. The fourth-order valence-electron chi connectivity index (χ4n) is 2.34. The highest BCUT2D eigenvalue weighted by Gasteiger charge is 2.18. The molecule has 0 saturated carbocycles. The summed E-state index contributed by atoms with van der Waals surface area (Å²) in [7, 11) is 3.55. The Kier molecular flexibility index (Phi) is 4.96. The third kappa shape index (κ3) is 3.11. The summed E-state index contributed by atoms with van der Waals surface area (Å²) in [6, 6.07) is 7.80. The zero-order chi connectivity index (χ0) is 14.7. The third-order valence-electron chi connectivity index (χ3n) is 3.36. The van der Waals surface area contributed by atoms with Crippen molar-refractivity contribution in [3.05, 3.63) is 51.3 Å². The minimum absolute atomic E-state index is 0.499. The van der Waals surface area contributed by atoms with Crippen LogP contribution in [0.1, 0.15) is 28.6 Å². The highest BCUT2D eigenvalue weighted by molar-refractivity contribution is 9.10. The van der Waals surface area contributed by atoms with E-state index in [2.05, 4.69) is 21.0 Å². The molecule has 1 aromatic heterocycles. The molecule has 0 amide bonds. The van der Waals surface area contributed by atoms with Crippen LogP contribution in [0.15, 0.2) is 28.7 Å². The Morgan fingerprint density at radius 1 is 1.40 bits per heavy atom. The Balaban J connectivity index is 2.26. The van der Waals surface area contributed by atoms with Crippen molar-refractivity contribution < 1.29 is 9.84 Å². The van der Waals surface area contributed by atoms with E-state index < -0.39 is 6.10 Å². The van der Waals surface area contributed by atoms with Gasteiger partial charge in [0, 0.05) is 20.6 Å². The largest absolute Gasteiger partial charge is 0.388 e. The first kappa shape index (κ1) is 15.2. The molecule has 2 rings (SSSR count). The van der Waals surface area contributed by atoms with Gasteiger partial charge in [0.05, 0.1) is 28.6 Å². The molecule has 20 heavy (non-hydrogen) atoms. The Morgan fingerprint density at radius 3 is 2.70 bits per heavy atom. The number of methoxy groups -OCH3 is 1. The number of aryl methyl sites for hydroxylation is 2. The van der Waals surface area contributed by atoms with Crippen molar-refractivity contribution in [3.8, 4) is 0 Å². The van der Waals surface area contributed by atoms with Gasteiger partial charge >= 0.3 is 0 Å². The van der Waals surface area contributed by atoms with E-state index in [0.717, 1.165) is 27.0 Å². The van der Waals surface area contributed by atoms with Crippen LogP contribution < -0.4 is 0 Å². The first-order valence-electron chi connectivity index (χ1n) is 6.47. The number of nitrogens with zero attached hydrogens (tertiary/aromatic N) is 2. The van der Waals surface area contributed by atoms with Crippen LogP contribution in [0, 0.1) is 6.92 Å². The highest BCUT2D eigenvalue weighted by Crippen LogP contribution is 2.27. The predicted molar refractivity (Wildman–Crippen MR) is 81.5 cm³/mol. The quantitative estimate of drug-likeness (QED) is 0.911. The lowest BCUT2D eigenvalue weighted by Crippen LogP contribution is -2.09. The average Bonchev–Trinajstić information content (AvgIpc) is 2.66. The molecule has 0 spiro atoms. The van der Waals surface area contributed by atoms with Crippen LogP contribution in [0.5, 0.6) is 0 Å². The van der Waals surface area contributed by atoms with E-state index in [1.165, 1.54) is 0 Å². The molecule has 1 unspecified atom stereocenters. The summed E-state index contributed by atoms with van der Waals surface area (Å²) in [5, 5.41) is 14.9. The van der Waals surface area contributed by atoms with Crippen LogP contribution in [0.2, 0.25) is 0 Å². The molecule has 4 nitrogen and oxygen atoms in total. The van der Waals surface area contributed by atoms with Gasteiger partial charge in [0.2, 0.25) is 0 Å². The van der Waals surface area contributed by atoms with Gasteiger partial charge in [0.1, 0.15) is 0 Å². The number of benzene rings is 1. The minimum Gasteiger partial charge on any atom is -0.388 e. The van der Waals surface area contributed by atoms with Crippen LogP contribution in [0.25, 0.3) is 0 Å². The van der Waals surface area contributed by atoms with Crippen molar-refractivity contribution in [2.45, 2.75) is 26.1 Å². The smallest absolute Gasteiger partial charge is 0.0849 e. The van der Waals surface area contributed by atoms with E-state index in [-0.39, 0.29) is 0 Å². The van der Waals surface area contributed by atoms with Crippen molar-refractivity contribution in [1.82, 2.24) is 9.78 Å². The van der Waals surface area contributed by atoms with Crippen molar-refractivity contribution in [2.24, 2.45) is 7.05 Å². The minimum atomic E-state index is -0.576. The van der Waals surface area contributed by atoms with E-state index >= 15 is 0 Å². The molecule has 0 fully saturated rings. The molecule has 0 aliphatic heterocycles. The monoisotopic (exact) mass is 338 g/mol. The molecule has 1 aromatic carbocycles. The molecule has 0 bridgehead atoms. The number of aromatic nitrogens is 2. The maximum atomic E-state index is 10.5. The molecule has 0 radical (unpaired) electrons. The normalized spacial score (nSPS) is 12.7. The molecule has 2 aromatic rings. The Labute approximate surface area is 127 Å². The van der Waals surface area contributed by atoms with Gasteiger partial charge in [-0.3, -0.25) is 4.68 Å². The number of hydrogen-bond donors (Lipinski definition) is 1. The van der Waals surface area contributed by atoms with Gasteiger partial charge in [0.15, 0.2) is 0 Å². The van der Waals surface area contributed by atoms with Gasteiger partial charge in [-0.2, -0.15) is 5.10 Å². The van der Waals surface area contributed by atoms with Gasteiger partial charge < -0.3 is 9.84 Å². The molecule has 1 heterocycles. The summed E-state index contributed by atoms with van der Waals surface area (Å²) in [6.45, 7) is 2.44. The first-order valence-corrected chi connectivity index (χ1v) is 7.26. The number of hydrogen-bond acceptors (Lipinski definition) is 3. The summed E-state index contributed by atoms with van der Waals surface area (Å²) in [6.07, 6.45) is -0.0639. The predicted octanol–water partition coefficient (Wildman–Crippen LogP) is 2.91. The average molecular weight is 339 g/mol. The topological polar surface area (TPSA) is 47.3 Å². The number of halogens is 1. The maximum Gasteiger partial charge on any atom is 0.0849 e. The van der Waals surface area contributed by atoms with Crippen LogP contribution in [0.4, 0.5) is 0 Å². The molecule has 0 aliphatic rings. The summed E-state index contributed by atoms with van der Waals surface area (Å²) in [4.78, 5) is 0. The molecule has 108 valence electrons. The zero-order valence-electron chi connectivity index (χ0n) is 11.9. The standard InChI is InChI=1S/C15H19BrN2O2/c1-10-15(16)13(18(2)17-10)8-14(19)12-7-5-4-6-11(12)9-20-3/h4-7,14,19H,8-9H2,1-3H3. The fraction of sp³-hybridized carbons (Fsp3) is 0.400. The van der Waals surface area contributed by atoms with Crippen molar-refractivity contribution in [2.75, 3.05) is 7.11 Å². The van der Waals surface area contributed by atoms with E-state index in [9.17, 15) is 5.11 Å². The van der Waals surface area contributed by atoms with Crippen molar-refractivity contribution in [1.29, 1.82) is 0 Å². The molecule has 0 aliphatic carbocycles. The first-order chi connectivity index (χ1) is 9.54. The van der Waals surface area contributed by atoms with Gasteiger partial charge in [-0.25, -0.2) is 0 Å². The lowest BCUT2D eigenvalue weighted by Gasteiger charge is -2.15. The summed E-state index contributed by atoms with van der Waals surface area (Å²) >= 11 is 3.53. The maximum absolute atomic E-state index is 10.5. The number of aliphatic hydroxyl groups is 1. The van der Waals surface area contributed by atoms with Crippen LogP contribution in [0.3, 0.4) is 0 Å². The molecule has 1 atom stereocenters. The van der Waals surface area contributed by atoms with E-state index in [1.54, 1.807) is 7.11 Å². The molecule has 0 saturated heterocycles. The highest BCUT2D eigenvalue weighted by atomic mass is 79.9. The SMILES string of the molecule is COCc1ccccc1C(O)Cc1c(Br)c(C)nn1C. The Bertz CT molecular complexity index is 596. The van der Waals surface area contributed by atoms with Gasteiger partial charge in [-0.1, -0.05) is 24.3 Å². The Hall–Kier alpha value is -1.17. The van der Waals surface area contributed by atoms with E-state index in [1.807, 2.05) is 42.9 Å². The number of ether oxygens (including phenoxy) is 1. The summed E-state index contributed by atoms with van der Waals surface area (Å²) < 4.78 is 7.95. The molecule has 1 N–H and O–H groups in total. The lowest BCUT2D eigenvalue weighted by atomic mass is 9.99. The van der Waals surface area contributed by atoms with E-state index in [0.29, 0.717) is 13.0 Å². The lowest BCUT2D eigenvalue weighted by molar-refractivity contribution is 0.160. The van der Waals surface area contributed by atoms with Crippen molar-refractivity contribution in [3.63, 3.8) is 0 Å². The molecular weight excluding hydrogens is 320 g/mol. The summed E-state index contributed by atoms with van der Waals surface area (Å²) in [5.74, 6) is 0. The van der Waals surface area contributed by atoms with Gasteiger partial charge in [-0.15, -0.1) is 0 Å². The van der Waals surface area contributed by atoms with Crippen molar-refractivity contribution >= 4 is 15.9 Å². The number of aliphatic hydroxyl groups excluding tert-OH is 1. The van der Waals surface area contributed by atoms with Gasteiger partial charge in [0.25, 0.3) is 0 Å². The second kappa shape index (κ2) is 6.52. The van der Waals surface area contributed by atoms with Crippen LogP contribution in [-0.4, -0.2) is 22.0 Å². The number of rotatable bonds is 5. The van der Waals surface area contributed by atoms with E-state index in [4.69, 9.17) is 4.74 Å². The van der Waals surface area contributed by atoms with Gasteiger partial charge in [-0.05, 0) is 34.0 Å². The Morgan fingerprint density at radius 2 is 2.10 bits per heavy atom. The third-order valence-corrected chi connectivity index (χ3v) is 4.39.